The Balaban J connectivity index is 1.56. The monoisotopic (exact) mass is 748 g/mol. The minimum absolute atomic E-state index is 0.676. The average Bonchev–Trinajstić information content (AvgIpc) is 3.55. The number of carbonyl (C=O) groups excluding carboxylic acids is 2. The third-order valence-electron chi connectivity index (χ3n) is 8.99. The molecule has 0 saturated carbocycles. The van der Waals surface area contributed by atoms with Crippen molar-refractivity contribution in [3.05, 3.63) is 0 Å². The summed E-state index contributed by atoms with van der Waals surface area (Å²) in [4.78, 5) is 23.7. The fourth-order valence-electron chi connectivity index (χ4n) is 6.36. The lowest BCUT2D eigenvalue weighted by molar-refractivity contribution is -0.313. The Hall–Kier alpha value is -1.82. The van der Waals surface area contributed by atoms with Crippen LogP contribution < -0.4 is 10.6 Å². The van der Waals surface area contributed by atoms with Crippen molar-refractivity contribution in [1.82, 2.24) is 10.6 Å². The first kappa shape index (κ1) is 41.9. The topological polar surface area (TPSA) is 366 Å². The summed E-state index contributed by atoms with van der Waals surface area (Å²) in [6.45, 7) is -1.33. The summed E-state index contributed by atoms with van der Waals surface area (Å²) < 4.78 is 39.3. The van der Waals surface area contributed by atoms with E-state index in [0.717, 1.165) is 13.8 Å². The minimum atomic E-state index is -1.92. The summed E-state index contributed by atoms with van der Waals surface area (Å²) in [5.41, 5.74) is 0. The van der Waals surface area contributed by atoms with Crippen LogP contribution in [0, 0.1) is 0 Å². The Labute approximate surface area is 289 Å². The van der Waals surface area contributed by atoms with E-state index in [1.807, 2.05) is 0 Å². The number of hydrogen-bond acceptors (Lipinski definition) is 21. The lowest BCUT2D eigenvalue weighted by Crippen LogP contribution is -2.65. The molecule has 14 N–H and O–H groups in total. The molecule has 23 nitrogen and oxygen atoms in total. The van der Waals surface area contributed by atoms with Crippen molar-refractivity contribution in [2.75, 3.05) is 26.4 Å². The molecule has 0 aliphatic carbocycles. The maximum Gasteiger partial charge on any atom is 0.217 e. The minimum Gasteiger partial charge on any atom is -0.394 e. The number of hydrogen-bond donors (Lipinski definition) is 14. The second kappa shape index (κ2) is 18.0. The number of aliphatic hydroxyl groups is 12. The van der Waals surface area contributed by atoms with Crippen LogP contribution in [0.25, 0.3) is 0 Å². The van der Waals surface area contributed by atoms with Crippen LogP contribution in [0.15, 0.2) is 0 Å². The van der Waals surface area contributed by atoms with Gasteiger partial charge in [-0.2, -0.15) is 0 Å². The van der Waals surface area contributed by atoms with Crippen LogP contribution in [0.1, 0.15) is 13.8 Å². The standard InChI is InChI=1S/C28H48N2O21/c1-7(35)29-13-17(40)15(38)10(4-32)46-26(13)51-24-20(43)21(9(37)3-31)48-28(24)47-12(6-34)22-18(41)19(42)27(49-22)50-23-14(30-8(2)36)25(44)45-11(5-33)16(23)39/h9-28,31-34,37-44H,3-6H2,1-2H3,(H,29,35)(H,30,36)/t9-,10-,11-,12-,13-,14-,15-,16-,17-,18-,19-,20+,21+,22+,23-,24-,25-,26-,27+,28-/m1/s1. The van der Waals surface area contributed by atoms with Gasteiger partial charge in [0.15, 0.2) is 25.2 Å². The number of rotatable bonds is 14. The molecule has 2 amide bonds. The van der Waals surface area contributed by atoms with Gasteiger partial charge in [-0.1, -0.05) is 0 Å². The molecule has 0 unspecified atom stereocenters. The summed E-state index contributed by atoms with van der Waals surface area (Å²) in [7, 11) is 0. The quantitative estimate of drug-likeness (QED) is 0.0784. The summed E-state index contributed by atoms with van der Waals surface area (Å²) in [6.07, 6.45) is -30.9. The Morgan fingerprint density at radius 2 is 1.18 bits per heavy atom. The van der Waals surface area contributed by atoms with Gasteiger partial charge in [0.25, 0.3) is 0 Å². The number of amides is 2. The van der Waals surface area contributed by atoms with Crippen LogP contribution in [0.5, 0.6) is 0 Å². The molecule has 0 aromatic carbocycles. The van der Waals surface area contributed by atoms with Gasteiger partial charge in [-0.25, -0.2) is 0 Å². The fourth-order valence-corrected chi connectivity index (χ4v) is 6.36. The summed E-state index contributed by atoms with van der Waals surface area (Å²) in [5.74, 6) is -1.37. The maximum absolute atomic E-state index is 11.9. The molecule has 0 aromatic heterocycles. The molecule has 4 heterocycles. The Kier molecular flexibility index (Phi) is 14.8. The van der Waals surface area contributed by atoms with Gasteiger partial charge in [0.05, 0.1) is 26.4 Å². The first-order chi connectivity index (χ1) is 24.1. The first-order valence-corrected chi connectivity index (χ1v) is 16.1. The molecule has 0 radical (unpaired) electrons. The molecule has 296 valence electrons. The molecule has 0 aromatic rings. The molecule has 0 spiro atoms. The summed E-state index contributed by atoms with van der Waals surface area (Å²) in [5, 5.41) is 129. The highest BCUT2D eigenvalue weighted by Gasteiger charge is 2.56. The number of aliphatic hydroxyl groups excluding tert-OH is 12. The van der Waals surface area contributed by atoms with Crippen molar-refractivity contribution in [2.24, 2.45) is 0 Å². The average molecular weight is 749 g/mol. The number of nitrogens with one attached hydrogen (secondary N) is 2. The molecule has 4 fully saturated rings. The summed E-state index contributed by atoms with van der Waals surface area (Å²) >= 11 is 0. The highest BCUT2D eigenvalue weighted by Crippen LogP contribution is 2.35. The number of ether oxygens (including phenoxy) is 7. The molecule has 4 aliphatic heterocycles. The Morgan fingerprint density at radius 3 is 1.75 bits per heavy atom. The van der Waals surface area contributed by atoms with Crippen LogP contribution in [-0.2, 0) is 42.7 Å². The normalized spacial score (nSPS) is 45.7. The lowest BCUT2D eigenvalue weighted by atomic mass is 9.96. The second-order valence-electron chi connectivity index (χ2n) is 12.6. The lowest BCUT2D eigenvalue weighted by Gasteiger charge is -2.43. The third-order valence-corrected chi connectivity index (χ3v) is 8.99. The van der Waals surface area contributed by atoms with E-state index in [4.69, 9.17) is 33.2 Å². The van der Waals surface area contributed by atoms with Crippen molar-refractivity contribution in [2.45, 2.75) is 137 Å². The van der Waals surface area contributed by atoms with Gasteiger partial charge in [-0.15, -0.1) is 0 Å². The first-order valence-electron chi connectivity index (χ1n) is 16.1. The van der Waals surface area contributed by atoms with Gasteiger partial charge in [-0.3, -0.25) is 9.59 Å². The van der Waals surface area contributed by atoms with E-state index >= 15 is 0 Å². The smallest absolute Gasteiger partial charge is 0.217 e. The SMILES string of the molecule is CC(=O)N[C@@H]1[C@@H](O[C@@H]2O[C@@H]([C@@H](CO)O[C@@H]3O[C@@H]([C@H](O)CO)[C@H](O)[C@H]3O[C@H]3O[C@H](CO)[C@@H](O)[C@H](O)[C@H]3NC(C)=O)[C@H](O)[C@H]2O)[C@H](O)[C@@H](CO)O[C@H]1O. The molecule has 4 saturated heterocycles. The van der Waals surface area contributed by atoms with Crippen LogP contribution in [-0.4, -0.2) is 222 Å². The molecule has 51 heavy (non-hydrogen) atoms. The third kappa shape index (κ3) is 9.11. The molecule has 4 rings (SSSR count). The van der Waals surface area contributed by atoms with Gasteiger partial charge in [0, 0.05) is 13.8 Å². The second-order valence-corrected chi connectivity index (χ2v) is 12.6. The van der Waals surface area contributed by atoms with E-state index in [1.54, 1.807) is 0 Å². The molecule has 4 aliphatic rings. The van der Waals surface area contributed by atoms with Crippen molar-refractivity contribution in [1.29, 1.82) is 0 Å². The molecule has 20 atom stereocenters. The molecule has 23 heteroatoms. The van der Waals surface area contributed by atoms with Crippen LogP contribution in [0.4, 0.5) is 0 Å². The van der Waals surface area contributed by atoms with E-state index in [0.29, 0.717) is 0 Å². The zero-order chi connectivity index (χ0) is 37.9. The van der Waals surface area contributed by atoms with Crippen LogP contribution in [0.2, 0.25) is 0 Å². The maximum atomic E-state index is 11.9. The van der Waals surface area contributed by atoms with Gasteiger partial charge in [0.2, 0.25) is 11.8 Å². The van der Waals surface area contributed by atoms with Crippen molar-refractivity contribution >= 4 is 11.8 Å². The van der Waals surface area contributed by atoms with E-state index < -0.39 is 161 Å². The van der Waals surface area contributed by atoms with Gasteiger partial charge >= 0.3 is 0 Å². The largest absolute Gasteiger partial charge is 0.394 e. The Morgan fingerprint density at radius 1 is 0.608 bits per heavy atom. The van der Waals surface area contributed by atoms with Gasteiger partial charge < -0.3 is 105 Å². The molecular weight excluding hydrogens is 700 g/mol. The predicted molar refractivity (Wildman–Crippen MR) is 157 cm³/mol. The molecule has 0 bridgehead atoms. The van der Waals surface area contributed by atoms with Gasteiger partial charge in [-0.05, 0) is 0 Å². The van der Waals surface area contributed by atoms with Crippen LogP contribution >= 0.6 is 0 Å². The van der Waals surface area contributed by atoms with Crippen molar-refractivity contribution in [3.63, 3.8) is 0 Å². The zero-order valence-electron chi connectivity index (χ0n) is 27.4. The van der Waals surface area contributed by atoms with E-state index in [2.05, 4.69) is 10.6 Å². The highest BCUT2D eigenvalue weighted by atomic mass is 16.8. The zero-order valence-corrected chi connectivity index (χ0v) is 27.4. The van der Waals surface area contributed by atoms with Crippen LogP contribution in [0.3, 0.4) is 0 Å². The highest BCUT2D eigenvalue weighted by molar-refractivity contribution is 5.73. The fraction of sp³-hybridized carbons (Fsp3) is 0.929. The Bertz CT molecular complexity index is 1140. The van der Waals surface area contributed by atoms with Crippen molar-refractivity contribution < 1.29 is 104 Å². The van der Waals surface area contributed by atoms with Crippen molar-refractivity contribution in [3.8, 4) is 0 Å². The summed E-state index contributed by atoms with van der Waals surface area (Å²) in [6, 6.07) is -2.95. The van der Waals surface area contributed by atoms with E-state index in [9.17, 15) is 70.9 Å². The van der Waals surface area contributed by atoms with E-state index in [1.165, 1.54) is 0 Å². The van der Waals surface area contributed by atoms with E-state index in [-0.39, 0.29) is 0 Å². The number of carbonyl (C=O) groups is 2. The molecular formula is C28H48N2O21. The predicted octanol–water partition coefficient (Wildman–Crippen LogP) is -9.46. The van der Waals surface area contributed by atoms with Gasteiger partial charge in [0.1, 0.15) is 97.5 Å².